The lowest BCUT2D eigenvalue weighted by Crippen LogP contribution is -2.38. The maximum atomic E-state index is 12.7. The van der Waals surface area contributed by atoms with E-state index in [0.717, 1.165) is 48.7 Å². The maximum Gasteiger partial charge on any atom is 0.222 e. The van der Waals surface area contributed by atoms with Gasteiger partial charge in [0.05, 0.1) is 19.4 Å². The molecular formula is C22H32N2O3. The maximum absolute atomic E-state index is 12.7. The molecule has 148 valence electrons. The van der Waals surface area contributed by atoms with Crippen LogP contribution >= 0.6 is 0 Å². The molecule has 0 spiro atoms. The second-order valence-corrected chi connectivity index (χ2v) is 7.73. The number of carbonyl (C=O) groups is 1. The van der Waals surface area contributed by atoms with E-state index in [1.807, 2.05) is 29.2 Å². The van der Waals surface area contributed by atoms with Crippen LogP contribution in [0.2, 0.25) is 0 Å². The molecular weight excluding hydrogens is 340 g/mol. The van der Waals surface area contributed by atoms with Gasteiger partial charge in [0, 0.05) is 19.4 Å². The first kappa shape index (κ1) is 19.7. The first-order valence-electron chi connectivity index (χ1n) is 10.3. The van der Waals surface area contributed by atoms with Crippen LogP contribution in [0.4, 0.5) is 0 Å². The van der Waals surface area contributed by atoms with Crippen molar-refractivity contribution in [1.82, 2.24) is 4.90 Å². The van der Waals surface area contributed by atoms with Crippen LogP contribution in [0.25, 0.3) is 0 Å². The molecule has 1 heterocycles. The summed E-state index contributed by atoms with van der Waals surface area (Å²) in [5.41, 5.74) is 1.99. The summed E-state index contributed by atoms with van der Waals surface area (Å²) in [7, 11) is 1.66. The van der Waals surface area contributed by atoms with Gasteiger partial charge in [-0.1, -0.05) is 37.8 Å². The van der Waals surface area contributed by atoms with Crippen molar-refractivity contribution in [3.05, 3.63) is 29.8 Å². The molecule has 1 saturated carbocycles. The van der Waals surface area contributed by atoms with E-state index in [1.165, 1.54) is 25.7 Å². The van der Waals surface area contributed by atoms with Gasteiger partial charge in [-0.05, 0) is 48.6 Å². The molecule has 1 atom stereocenters. The zero-order valence-corrected chi connectivity index (χ0v) is 16.7. The summed E-state index contributed by atoms with van der Waals surface area (Å²) in [6.07, 6.45) is 8.62. The highest BCUT2D eigenvalue weighted by atomic mass is 16.6. The van der Waals surface area contributed by atoms with Crippen molar-refractivity contribution in [1.29, 1.82) is 0 Å². The fourth-order valence-corrected chi connectivity index (χ4v) is 4.10. The number of hydrogen-bond acceptors (Lipinski definition) is 4. The third-order valence-electron chi connectivity index (χ3n) is 5.67. The zero-order valence-electron chi connectivity index (χ0n) is 16.7. The van der Waals surface area contributed by atoms with Crippen LogP contribution in [-0.2, 0) is 9.63 Å². The minimum absolute atomic E-state index is 0.0518. The third kappa shape index (κ3) is 5.47. The van der Waals surface area contributed by atoms with E-state index >= 15 is 0 Å². The molecule has 1 aromatic rings. The largest absolute Gasteiger partial charge is 0.497 e. The molecule has 0 aromatic heterocycles. The summed E-state index contributed by atoms with van der Waals surface area (Å²) in [6, 6.07) is 7.86. The molecule has 1 amide bonds. The number of rotatable bonds is 9. The Morgan fingerprint density at radius 1 is 1.26 bits per heavy atom. The molecule has 3 rings (SSSR count). The fraction of sp³-hybridized carbons (Fsp3) is 0.636. The number of benzene rings is 1. The summed E-state index contributed by atoms with van der Waals surface area (Å²) >= 11 is 0. The number of ether oxygens (including phenoxy) is 1. The van der Waals surface area contributed by atoms with E-state index in [-0.39, 0.29) is 12.0 Å². The Labute approximate surface area is 162 Å². The highest BCUT2D eigenvalue weighted by Crippen LogP contribution is 2.29. The minimum atomic E-state index is -0.0518. The second-order valence-electron chi connectivity index (χ2n) is 7.73. The van der Waals surface area contributed by atoms with Crippen LogP contribution in [0, 0.1) is 5.92 Å². The molecule has 1 aromatic carbocycles. The summed E-state index contributed by atoms with van der Waals surface area (Å²) < 4.78 is 5.20. The van der Waals surface area contributed by atoms with Gasteiger partial charge < -0.3 is 14.5 Å². The smallest absolute Gasteiger partial charge is 0.222 e. The molecule has 1 aliphatic heterocycles. The Balaban J connectivity index is 1.50. The summed E-state index contributed by atoms with van der Waals surface area (Å²) in [5, 5.41) is 4.26. The Morgan fingerprint density at radius 2 is 2.00 bits per heavy atom. The molecule has 27 heavy (non-hydrogen) atoms. The van der Waals surface area contributed by atoms with Gasteiger partial charge in [0.1, 0.15) is 5.75 Å². The number of amides is 1. The highest BCUT2D eigenvalue weighted by molar-refractivity contribution is 6.01. The lowest BCUT2D eigenvalue weighted by molar-refractivity contribution is -0.133. The molecule has 0 N–H and O–H groups in total. The second kappa shape index (κ2) is 9.77. The van der Waals surface area contributed by atoms with Crippen molar-refractivity contribution < 1.29 is 14.4 Å². The molecule has 2 aliphatic rings. The van der Waals surface area contributed by atoms with E-state index in [4.69, 9.17) is 9.57 Å². The van der Waals surface area contributed by atoms with Gasteiger partial charge in [-0.2, -0.15) is 0 Å². The van der Waals surface area contributed by atoms with Crippen molar-refractivity contribution in [3.8, 4) is 5.75 Å². The first-order valence-corrected chi connectivity index (χ1v) is 10.3. The predicted molar refractivity (Wildman–Crippen MR) is 107 cm³/mol. The molecule has 1 fully saturated rings. The van der Waals surface area contributed by atoms with Gasteiger partial charge in [-0.25, -0.2) is 0 Å². The first-order chi connectivity index (χ1) is 13.2. The van der Waals surface area contributed by atoms with Gasteiger partial charge >= 0.3 is 0 Å². The van der Waals surface area contributed by atoms with Gasteiger partial charge in [-0.3, -0.25) is 4.79 Å². The lowest BCUT2D eigenvalue weighted by Gasteiger charge is -2.25. The van der Waals surface area contributed by atoms with Crippen molar-refractivity contribution in [2.75, 3.05) is 20.2 Å². The van der Waals surface area contributed by atoms with Crippen LogP contribution in [0.1, 0.15) is 63.9 Å². The SMILES string of the molecule is CCCN(CC1CC(c2ccc(OC)cc2)=NO1)C(=O)CCC1CCCC1. The van der Waals surface area contributed by atoms with Crippen LogP contribution in [0.15, 0.2) is 29.4 Å². The molecule has 1 aliphatic carbocycles. The van der Waals surface area contributed by atoms with Crippen LogP contribution < -0.4 is 4.74 Å². The third-order valence-corrected chi connectivity index (χ3v) is 5.67. The topological polar surface area (TPSA) is 51.1 Å². The number of oxime groups is 1. The molecule has 0 saturated heterocycles. The van der Waals surface area contributed by atoms with Gasteiger partial charge in [0.25, 0.3) is 0 Å². The average Bonchev–Trinajstić information content (AvgIpc) is 3.38. The van der Waals surface area contributed by atoms with Crippen LogP contribution in [-0.4, -0.2) is 42.8 Å². The van der Waals surface area contributed by atoms with Gasteiger partial charge in [0.2, 0.25) is 5.91 Å². The molecule has 5 heteroatoms. The van der Waals surface area contributed by atoms with Crippen LogP contribution in [0.3, 0.4) is 0 Å². The standard InChI is InChI=1S/C22H32N2O3/c1-3-14-24(22(25)13-8-17-6-4-5-7-17)16-20-15-21(23-27-20)18-9-11-19(26-2)12-10-18/h9-12,17,20H,3-8,13-16H2,1-2H3. The quantitative estimate of drug-likeness (QED) is 0.646. The molecule has 0 bridgehead atoms. The summed E-state index contributed by atoms with van der Waals surface area (Å²) in [4.78, 5) is 20.3. The van der Waals surface area contributed by atoms with E-state index in [1.54, 1.807) is 7.11 Å². The monoisotopic (exact) mass is 372 g/mol. The van der Waals surface area contributed by atoms with Gasteiger partial charge in [-0.15, -0.1) is 0 Å². The number of methoxy groups -OCH3 is 1. The van der Waals surface area contributed by atoms with Crippen molar-refractivity contribution in [3.63, 3.8) is 0 Å². The number of hydrogen-bond donors (Lipinski definition) is 0. The Hall–Kier alpha value is -2.04. The van der Waals surface area contributed by atoms with Crippen molar-refractivity contribution in [2.24, 2.45) is 11.1 Å². The van der Waals surface area contributed by atoms with Crippen LogP contribution in [0.5, 0.6) is 5.75 Å². The highest BCUT2D eigenvalue weighted by Gasteiger charge is 2.27. The zero-order chi connectivity index (χ0) is 19.1. The average molecular weight is 373 g/mol. The molecule has 0 radical (unpaired) electrons. The fourth-order valence-electron chi connectivity index (χ4n) is 4.10. The summed E-state index contributed by atoms with van der Waals surface area (Å²) in [6.45, 7) is 3.54. The lowest BCUT2D eigenvalue weighted by atomic mass is 10.0. The Morgan fingerprint density at radius 3 is 2.67 bits per heavy atom. The Bertz CT molecular complexity index is 635. The van der Waals surface area contributed by atoms with Crippen molar-refractivity contribution >= 4 is 11.6 Å². The number of nitrogens with zero attached hydrogens (tertiary/aromatic N) is 2. The molecule has 5 nitrogen and oxygen atoms in total. The predicted octanol–water partition coefficient (Wildman–Crippen LogP) is 4.40. The Kier molecular flexibility index (Phi) is 7.13. The minimum Gasteiger partial charge on any atom is -0.497 e. The molecule has 1 unspecified atom stereocenters. The van der Waals surface area contributed by atoms with E-state index in [0.29, 0.717) is 13.0 Å². The number of carbonyl (C=O) groups excluding carboxylic acids is 1. The van der Waals surface area contributed by atoms with Crippen molar-refractivity contribution in [2.45, 2.75) is 64.4 Å². The van der Waals surface area contributed by atoms with E-state index in [2.05, 4.69) is 12.1 Å². The van der Waals surface area contributed by atoms with E-state index < -0.39 is 0 Å². The van der Waals surface area contributed by atoms with E-state index in [9.17, 15) is 4.79 Å². The normalized spacial score (nSPS) is 19.6. The van der Waals surface area contributed by atoms with Gasteiger partial charge in [0.15, 0.2) is 6.10 Å². The summed E-state index contributed by atoms with van der Waals surface area (Å²) in [5.74, 6) is 1.85.